The van der Waals surface area contributed by atoms with Gasteiger partial charge < -0.3 is 5.32 Å². The molecule has 0 aromatic carbocycles. The monoisotopic (exact) mass is 156 g/mol. The highest BCUT2D eigenvalue weighted by molar-refractivity contribution is 6.03. The highest BCUT2D eigenvalue weighted by Crippen LogP contribution is 2.11. The van der Waals surface area contributed by atoms with Crippen molar-refractivity contribution in [3.05, 3.63) is 0 Å². The van der Waals surface area contributed by atoms with Crippen molar-refractivity contribution < 1.29 is 9.59 Å². The fourth-order valence-electron chi connectivity index (χ4n) is 1.05. The van der Waals surface area contributed by atoms with E-state index in [0.717, 1.165) is 4.90 Å². The summed E-state index contributed by atoms with van der Waals surface area (Å²) >= 11 is 0. The van der Waals surface area contributed by atoms with Crippen LogP contribution in [0.3, 0.4) is 0 Å². The predicted molar refractivity (Wildman–Crippen MR) is 39.9 cm³/mol. The van der Waals surface area contributed by atoms with Crippen molar-refractivity contribution in [2.24, 2.45) is 5.92 Å². The molecular weight excluding hydrogens is 144 g/mol. The molecule has 11 heavy (non-hydrogen) atoms. The first-order valence-electron chi connectivity index (χ1n) is 3.62. The van der Waals surface area contributed by atoms with Crippen LogP contribution < -0.4 is 5.32 Å². The molecule has 0 radical (unpaired) electrons. The Hall–Kier alpha value is -1.06. The number of imide groups is 1. The van der Waals surface area contributed by atoms with E-state index in [1.165, 1.54) is 7.05 Å². The quantitative estimate of drug-likeness (QED) is 0.551. The van der Waals surface area contributed by atoms with Crippen LogP contribution in [0, 0.1) is 5.92 Å². The van der Waals surface area contributed by atoms with Crippen LogP contribution >= 0.6 is 0 Å². The standard InChI is InChI=1S/C7H12N2O2/c1-4(2)5-6(10)9(3)7(11)8-5/h4-5H,1-3H3,(H,8,11)/t5-/m0/s1. The van der Waals surface area contributed by atoms with E-state index in [1.807, 2.05) is 13.8 Å². The number of urea groups is 1. The van der Waals surface area contributed by atoms with Gasteiger partial charge in [0.05, 0.1) is 0 Å². The molecule has 1 fully saturated rings. The average molecular weight is 156 g/mol. The summed E-state index contributed by atoms with van der Waals surface area (Å²) in [6.45, 7) is 3.81. The third kappa shape index (κ3) is 1.20. The zero-order chi connectivity index (χ0) is 8.59. The summed E-state index contributed by atoms with van der Waals surface area (Å²) in [5, 5.41) is 2.59. The second kappa shape index (κ2) is 2.53. The van der Waals surface area contributed by atoms with Crippen molar-refractivity contribution in [3.8, 4) is 0 Å². The second-order valence-corrected chi connectivity index (χ2v) is 3.07. The van der Waals surface area contributed by atoms with Crippen LogP contribution in [-0.4, -0.2) is 29.9 Å². The van der Waals surface area contributed by atoms with Crippen LogP contribution in [0.4, 0.5) is 4.79 Å². The maximum atomic E-state index is 11.2. The van der Waals surface area contributed by atoms with E-state index in [9.17, 15) is 9.59 Å². The molecule has 0 saturated carbocycles. The van der Waals surface area contributed by atoms with Crippen molar-refractivity contribution in [1.82, 2.24) is 10.2 Å². The number of rotatable bonds is 1. The smallest absolute Gasteiger partial charge is 0.324 e. The van der Waals surface area contributed by atoms with Crippen molar-refractivity contribution in [3.63, 3.8) is 0 Å². The molecule has 0 aliphatic carbocycles. The van der Waals surface area contributed by atoms with Crippen LogP contribution in [-0.2, 0) is 4.79 Å². The third-order valence-electron chi connectivity index (χ3n) is 1.85. The molecule has 1 rings (SSSR count). The first kappa shape index (κ1) is 8.04. The lowest BCUT2D eigenvalue weighted by Gasteiger charge is -2.10. The van der Waals surface area contributed by atoms with Gasteiger partial charge in [-0.25, -0.2) is 4.79 Å². The number of carbonyl (C=O) groups excluding carboxylic acids is 2. The molecule has 1 saturated heterocycles. The lowest BCUT2D eigenvalue weighted by Crippen LogP contribution is -2.34. The summed E-state index contributed by atoms with van der Waals surface area (Å²) in [4.78, 5) is 23.2. The summed E-state index contributed by atoms with van der Waals surface area (Å²) in [6, 6.07) is -0.624. The van der Waals surface area contributed by atoms with E-state index < -0.39 is 0 Å². The molecule has 1 N–H and O–H groups in total. The maximum absolute atomic E-state index is 11.2. The number of carbonyl (C=O) groups is 2. The topological polar surface area (TPSA) is 49.4 Å². The molecule has 0 bridgehead atoms. The van der Waals surface area contributed by atoms with Crippen LogP contribution in [0.1, 0.15) is 13.8 Å². The fraction of sp³-hybridized carbons (Fsp3) is 0.714. The minimum Gasteiger partial charge on any atom is -0.326 e. The van der Waals surface area contributed by atoms with E-state index in [2.05, 4.69) is 5.32 Å². The summed E-state index contributed by atoms with van der Waals surface area (Å²) in [5.74, 6) is 0.0291. The number of likely N-dealkylation sites (N-methyl/N-ethyl adjacent to an activating group) is 1. The third-order valence-corrected chi connectivity index (χ3v) is 1.85. The Morgan fingerprint density at radius 3 is 2.18 bits per heavy atom. The van der Waals surface area contributed by atoms with E-state index in [0.29, 0.717) is 0 Å². The molecule has 4 nitrogen and oxygen atoms in total. The van der Waals surface area contributed by atoms with E-state index in [-0.39, 0.29) is 23.9 Å². The molecule has 4 heteroatoms. The molecule has 1 heterocycles. The summed E-state index contributed by atoms with van der Waals surface area (Å²) < 4.78 is 0. The van der Waals surface area contributed by atoms with Crippen LogP contribution in [0.2, 0.25) is 0 Å². The van der Waals surface area contributed by atoms with Crippen molar-refractivity contribution in [2.75, 3.05) is 7.05 Å². The lowest BCUT2D eigenvalue weighted by molar-refractivity contribution is -0.127. The average Bonchev–Trinajstić information content (AvgIpc) is 2.17. The van der Waals surface area contributed by atoms with Gasteiger partial charge in [0.1, 0.15) is 6.04 Å². The zero-order valence-electron chi connectivity index (χ0n) is 6.92. The van der Waals surface area contributed by atoms with Gasteiger partial charge in [-0.15, -0.1) is 0 Å². The molecular formula is C7H12N2O2. The lowest BCUT2D eigenvalue weighted by atomic mass is 10.1. The second-order valence-electron chi connectivity index (χ2n) is 3.07. The molecule has 1 atom stereocenters. The maximum Gasteiger partial charge on any atom is 0.324 e. The molecule has 1 aliphatic heterocycles. The van der Waals surface area contributed by atoms with Gasteiger partial charge in [0.2, 0.25) is 0 Å². The molecule has 62 valence electrons. The number of hydrogen-bond donors (Lipinski definition) is 1. The molecule has 0 unspecified atom stereocenters. The summed E-state index contributed by atoms with van der Waals surface area (Å²) in [5.41, 5.74) is 0. The molecule has 3 amide bonds. The van der Waals surface area contributed by atoms with Gasteiger partial charge >= 0.3 is 6.03 Å². The van der Waals surface area contributed by atoms with Gasteiger partial charge in [-0.2, -0.15) is 0 Å². The number of hydrogen-bond acceptors (Lipinski definition) is 2. The minimum absolute atomic E-state index is 0.134. The van der Waals surface area contributed by atoms with E-state index >= 15 is 0 Å². The van der Waals surface area contributed by atoms with Crippen LogP contribution in [0.25, 0.3) is 0 Å². The first-order chi connectivity index (χ1) is 5.04. The number of nitrogens with zero attached hydrogens (tertiary/aromatic N) is 1. The Labute approximate surface area is 65.6 Å². The van der Waals surface area contributed by atoms with Gasteiger partial charge in [-0.3, -0.25) is 9.69 Å². The van der Waals surface area contributed by atoms with Gasteiger partial charge in [0, 0.05) is 7.05 Å². The zero-order valence-corrected chi connectivity index (χ0v) is 6.92. The Balaban J connectivity index is 2.75. The SMILES string of the molecule is CC(C)[C@@H]1NC(=O)N(C)C1=O. The summed E-state index contributed by atoms with van der Waals surface area (Å²) in [6.07, 6.45) is 0. The molecule has 0 spiro atoms. The Morgan fingerprint density at radius 2 is 2.00 bits per heavy atom. The highest BCUT2D eigenvalue weighted by atomic mass is 16.2. The van der Waals surface area contributed by atoms with E-state index in [1.54, 1.807) is 0 Å². The summed E-state index contributed by atoms with van der Waals surface area (Å²) in [7, 11) is 1.49. The number of nitrogens with one attached hydrogen (secondary N) is 1. The van der Waals surface area contributed by atoms with Crippen LogP contribution in [0.15, 0.2) is 0 Å². The Bertz CT molecular complexity index is 201. The van der Waals surface area contributed by atoms with Crippen molar-refractivity contribution in [1.29, 1.82) is 0 Å². The first-order valence-corrected chi connectivity index (χ1v) is 3.62. The van der Waals surface area contributed by atoms with Gasteiger partial charge in [-0.05, 0) is 5.92 Å². The van der Waals surface area contributed by atoms with Gasteiger partial charge in [0.25, 0.3) is 5.91 Å². The highest BCUT2D eigenvalue weighted by Gasteiger charge is 2.36. The Kier molecular flexibility index (Phi) is 1.85. The number of amides is 3. The van der Waals surface area contributed by atoms with Gasteiger partial charge in [-0.1, -0.05) is 13.8 Å². The molecule has 0 aromatic rings. The van der Waals surface area contributed by atoms with E-state index in [4.69, 9.17) is 0 Å². The fourth-order valence-corrected chi connectivity index (χ4v) is 1.05. The Morgan fingerprint density at radius 1 is 1.45 bits per heavy atom. The van der Waals surface area contributed by atoms with Crippen molar-refractivity contribution in [2.45, 2.75) is 19.9 Å². The van der Waals surface area contributed by atoms with Gasteiger partial charge in [0.15, 0.2) is 0 Å². The minimum atomic E-state index is -0.326. The van der Waals surface area contributed by atoms with Crippen molar-refractivity contribution >= 4 is 11.9 Å². The van der Waals surface area contributed by atoms with Crippen LogP contribution in [0.5, 0.6) is 0 Å². The largest absolute Gasteiger partial charge is 0.326 e. The predicted octanol–water partition coefficient (Wildman–Crippen LogP) is 0.193. The normalized spacial score (nSPS) is 24.7. The molecule has 0 aromatic heterocycles. The molecule has 1 aliphatic rings.